The van der Waals surface area contributed by atoms with Crippen LogP contribution in [0.1, 0.15) is 40.9 Å². The van der Waals surface area contributed by atoms with Gasteiger partial charge in [0.1, 0.15) is 0 Å². The van der Waals surface area contributed by atoms with E-state index in [2.05, 4.69) is 10.6 Å². The standard InChI is InChI=1S/C19H21FN2O2.ClH/c1-12(13-8-9-18(24-2)16(20)11-13)22-19(23)15-5-3-7-17-14(15)6-4-10-21-17;/h3,5,7-9,11-12,21H,4,6,10H2,1-2H3,(H,22,23);1H. The van der Waals surface area contributed by atoms with Gasteiger partial charge in [-0.25, -0.2) is 4.39 Å². The van der Waals surface area contributed by atoms with E-state index in [9.17, 15) is 9.18 Å². The molecule has 1 atom stereocenters. The third-order valence-corrected chi connectivity index (χ3v) is 4.36. The van der Waals surface area contributed by atoms with Crippen LogP contribution in [0.3, 0.4) is 0 Å². The smallest absolute Gasteiger partial charge is 0.252 e. The van der Waals surface area contributed by atoms with Crippen molar-refractivity contribution in [3.05, 3.63) is 58.9 Å². The molecule has 1 aliphatic rings. The number of ether oxygens (including phenoxy) is 1. The molecule has 25 heavy (non-hydrogen) atoms. The van der Waals surface area contributed by atoms with Gasteiger partial charge in [-0.15, -0.1) is 12.4 Å². The summed E-state index contributed by atoms with van der Waals surface area (Å²) in [6.45, 7) is 2.77. The maximum atomic E-state index is 13.9. The van der Waals surface area contributed by atoms with Gasteiger partial charge >= 0.3 is 0 Å². The van der Waals surface area contributed by atoms with Crippen molar-refractivity contribution >= 4 is 24.0 Å². The summed E-state index contributed by atoms with van der Waals surface area (Å²) in [4.78, 5) is 12.7. The molecule has 1 unspecified atom stereocenters. The number of anilines is 1. The Balaban J connectivity index is 0.00000225. The van der Waals surface area contributed by atoms with Crippen LogP contribution in [-0.2, 0) is 6.42 Å². The predicted octanol–water partition coefficient (Wildman–Crippen LogP) is 4.11. The second-order valence-corrected chi connectivity index (χ2v) is 5.95. The number of rotatable bonds is 4. The van der Waals surface area contributed by atoms with Crippen molar-refractivity contribution in [1.29, 1.82) is 0 Å². The molecule has 0 saturated carbocycles. The maximum absolute atomic E-state index is 13.9. The number of hydrogen-bond donors (Lipinski definition) is 2. The molecule has 6 heteroatoms. The van der Waals surface area contributed by atoms with E-state index in [1.54, 1.807) is 12.1 Å². The zero-order valence-corrected chi connectivity index (χ0v) is 15.1. The Hall–Kier alpha value is -2.27. The third-order valence-electron chi connectivity index (χ3n) is 4.36. The number of methoxy groups -OCH3 is 1. The average molecular weight is 365 g/mol. The van der Waals surface area contributed by atoms with Crippen molar-refractivity contribution in [2.75, 3.05) is 19.0 Å². The number of nitrogens with one attached hydrogen (secondary N) is 2. The number of benzene rings is 2. The van der Waals surface area contributed by atoms with E-state index in [0.717, 1.165) is 30.6 Å². The van der Waals surface area contributed by atoms with Crippen LogP contribution in [0.25, 0.3) is 0 Å². The van der Waals surface area contributed by atoms with Gasteiger partial charge in [-0.1, -0.05) is 12.1 Å². The van der Waals surface area contributed by atoms with E-state index >= 15 is 0 Å². The zero-order valence-electron chi connectivity index (χ0n) is 14.3. The van der Waals surface area contributed by atoms with E-state index in [-0.39, 0.29) is 30.1 Å². The van der Waals surface area contributed by atoms with E-state index in [1.807, 2.05) is 25.1 Å². The van der Waals surface area contributed by atoms with Crippen LogP contribution in [0.4, 0.5) is 10.1 Å². The third kappa shape index (κ3) is 4.04. The monoisotopic (exact) mass is 364 g/mol. The fourth-order valence-electron chi connectivity index (χ4n) is 3.03. The molecular formula is C19H22ClFN2O2. The zero-order chi connectivity index (χ0) is 17.1. The van der Waals surface area contributed by atoms with Gasteiger partial charge in [-0.3, -0.25) is 4.79 Å². The summed E-state index contributed by atoms with van der Waals surface area (Å²) in [6.07, 6.45) is 1.90. The lowest BCUT2D eigenvalue weighted by atomic mass is 9.96. The summed E-state index contributed by atoms with van der Waals surface area (Å²) >= 11 is 0. The Morgan fingerprint density at radius 2 is 2.12 bits per heavy atom. The van der Waals surface area contributed by atoms with Gasteiger partial charge in [0, 0.05) is 17.8 Å². The Morgan fingerprint density at radius 3 is 2.84 bits per heavy atom. The fourth-order valence-corrected chi connectivity index (χ4v) is 3.03. The van der Waals surface area contributed by atoms with Gasteiger partial charge in [0.2, 0.25) is 0 Å². The molecule has 1 amide bonds. The number of carbonyl (C=O) groups is 1. The summed E-state index contributed by atoms with van der Waals surface area (Å²) in [5, 5.41) is 6.27. The van der Waals surface area contributed by atoms with Crippen LogP contribution in [0, 0.1) is 5.82 Å². The van der Waals surface area contributed by atoms with Crippen molar-refractivity contribution < 1.29 is 13.9 Å². The number of hydrogen-bond acceptors (Lipinski definition) is 3. The molecular weight excluding hydrogens is 343 g/mol. The van der Waals surface area contributed by atoms with Crippen LogP contribution in [-0.4, -0.2) is 19.6 Å². The lowest BCUT2D eigenvalue weighted by Gasteiger charge is -2.22. The molecule has 0 bridgehead atoms. The van der Waals surface area contributed by atoms with Crippen LogP contribution in [0.2, 0.25) is 0 Å². The van der Waals surface area contributed by atoms with Gasteiger partial charge < -0.3 is 15.4 Å². The Kier molecular flexibility index (Phi) is 6.26. The first-order valence-electron chi connectivity index (χ1n) is 8.10. The second kappa shape index (κ2) is 8.21. The Morgan fingerprint density at radius 1 is 1.32 bits per heavy atom. The number of fused-ring (bicyclic) bond motifs is 1. The van der Waals surface area contributed by atoms with Crippen molar-refractivity contribution in [3.8, 4) is 5.75 Å². The Labute approximate surface area is 153 Å². The molecule has 0 saturated heterocycles. The summed E-state index contributed by atoms with van der Waals surface area (Å²) < 4.78 is 18.8. The van der Waals surface area contributed by atoms with E-state index < -0.39 is 5.82 Å². The molecule has 2 aromatic rings. The van der Waals surface area contributed by atoms with Gasteiger partial charge in [0.25, 0.3) is 5.91 Å². The molecule has 0 spiro atoms. The highest BCUT2D eigenvalue weighted by Gasteiger charge is 2.19. The topological polar surface area (TPSA) is 50.4 Å². The molecule has 0 aromatic heterocycles. The van der Waals surface area contributed by atoms with Crippen molar-refractivity contribution in [2.24, 2.45) is 0 Å². The predicted molar refractivity (Wildman–Crippen MR) is 99.3 cm³/mol. The minimum Gasteiger partial charge on any atom is -0.494 e. The molecule has 0 radical (unpaired) electrons. The van der Waals surface area contributed by atoms with Crippen LogP contribution >= 0.6 is 12.4 Å². The van der Waals surface area contributed by atoms with Gasteiger partial charge in [-0.2, -0.15) is 0 Å². The van der Waals surface area contributed by atoms with E-state index in [0.29, 0.717) is 11.1 Å². The molecule has 1 aliphatic heterocycles. The van der Waals surface area contributed by atoms with Gasteiger partial charge in [0.05, 0.1) is 13.2 Å². The van der Waals surface area contributed by atoms with Gasteiger partial charge in [-0.05, 0) is 55.2 Å². The molecule has 3 rings (SSSR count). The molecule has 4 nitrogen and oxygen atoms in total. The quantitative estimate of drug-likeness (QED) is 0.858. The highest BCUT2D eigenvalue weighted by atomic mass is 35.5. The van der Waals surface area contributed by atoms with E-state index in [4.69, 9.17) is 4.74 Å². The molecule has 0 fully saturated rings. The van der Waals surface area contributed by atoms with E-state index in [1.165, 1.54) is 13.2 Å². The lowest BCUT2D eigenvalue weighted by molar-refractivity contribution is 0.0939. The van der Waals surface area contributed by atoms with Crippen LogP contribution < -0.4 is 15.4 Å². The summed E-state index contributed by atoms with van der Waals surface area (Å²) in [5.41, 5.74) is 3.46. The average Bonchev–Trinajstić information content (AvgIpc) is 2.61. The lowest BCUT2D eigenvalue weighted by Crippen LogP contribution is -2.28. The molecule has 1 heterocycles. The first-order valence-corrected chi connectivity index (χ1v) is 8.10. The molecule has 2 N–H and O–H groups in total. The van der Waals surface area contributed by atoms with Crippen molar-refractivity contribution in [1.82, 2.24) is 5.32 Å². The molecule has 134 valence electrons. The summed E-state index contributed by atoms with van der Waals surface area (Å²) in [5.74, 6) is -0.378. The maximum Gasteiger partial charge on any atom is 0.252 e. The highest BCUT2D eigenvalue weighted by molar-refractivity contribution is 5.97. The van der Waals surface area contributed by atoms with Crippen molar-refractivity contribution in [2.45, 2.75) is 25.8 Å². The summed E-state index contributed by atoms with van der Waals surface area (Å²) in [6, 6.07) is 10.1. The first kappa shape index (κ1) is 19.1. The highest BCUT2D eigenvalue weighted by Crippen LogP contribution is 2.26. The molecule has 0 aliphatic carbocycles. The number of carbonyl (C=O) groups excluding carboxylic acids is 1. The van der Waals surface area contributed by atoms with Crippen LogP contribution in [0.5, 0.6) is 5.75 Å². The largest absolute Gasteiger partial charge is 0.494 e. The minimum atomic E-state index is -0.433. The first-order chi connectivity index (χ1) is 11.6. The number of amides is 1. The molecule has 2 aromatic carbocycles. The second-order valence-electron chi connectivity index (χ2n) is 5.95. The SMILES string of the molecule is COc1ccc(C(C)NC(=O)c2cccc3c2CCCN3)cc1F.Cl. The normalized spacial score (nSPS) is 13.7. The van der Waals surface area contributed by atoms with Crippen LogP contribution in [0.15, 0.2) is 36.4 Å². The van der Waals surface area contributed by atoms with Gasteiger partial charge in [0.15, 0.2) is 11.6 Å². The number of halogens is 2. The minimum absolute atomic E-state index is 0. The Bertz CT molecular complexity index is 767. The fraction of sp³-hybridized carbons (Fsp3) is 0.316. The summed E-state index contributed by atoms with van der Waals surface area (Å²) in [7, 11) is 1.43. The van der Waals surface area contributed by atoms with Crippen molar-refractivity contribution in [3.63, 3.8) is 0 Å².